The van der Waals surface area contributed by atoms with Crippen molar-refractivity contribution in [2.24, 2.45) is 0 Å². The second-order valence-electron chi connectivity index (χ2n) is 4.68. The molecule has 2 rings (SSSR count). The Morgan fingerprint density at radius 1 is 1.33 bits per heavy atom. The summed E-state index contributed by atoms with van der Waals surface area (Å²) in [7, 11) is 0. The molecule has 0 bridgehead atoms. The van der Waals surface area contributed by atoms with Gasteiger partial charge in [0.25, 0.3) is 5.91 Å². The summed E-state index contributed by atoms with van der Waals surface area (Å²) in [5, 5.41) is 6.10. The summed E-state index contributed by atoms with van der Waals surface area (Å²) in [4.78, 5) is 20.2. The highest BCUT2D eigenvalue weighted by Gasteiger charge is 2.18. The molecule has 1 heterocycles. The Kier molecular flexibility index (Phi) is 4.50. The van der Waals surface area contributed by atoms with Gasteiger partial charge in [-0.3, -0.25) is 4.79 Å². The van der Waals surface area contributed by atoms with E-state index in [0.29, 0.717) is 17.6 Å². The van der Waals surface area contributed by atoms with Crippen LogP contribution in [0.25, 0.3) is 0 Å². The van der Waals surface area contributed by atoms with Gasteiger partial charge in [-0.25, -0.2) is 9.97 Å². The Hall–Kier alpha value is -1.65. The number of hydrogen-bond acceptors (Lipinski definition) is 4. The second kappa shape index (κ2) is 6.33. The third-order valence-corrected chi connectivity index (χ3v) is 3.14. The number of amides is 1. The minimum atomic E-state index is -0.0658. The summed E-state index contributed by atoms with van der Waals surface area (Å²) in [6.07, 6.45) is 8.77. The molecule has 18 heavy (non-hydrogen) atoms. The highest BCUT2D eigenvalue weighted by atomic mass is 16.1. The molecule has 0 aromatic carbocycles. The van der Waals surface area contributed by atoms with Gasteiger partial charge >= 0.3 is 0 Å². The van der Waals surface area contributed by atoms with Crippen molar-refractivity contribution < 1.29 is 4.79 Å². The zero-order chi connectivity index (χ0) is 12.8. The number of nitrogens with zero attached hydrogens (tertiary/aromatic N) is 2. The lowest BCUT2D eigenvalue weighted by Crippen LogP contribution is -2.32. The van der Waals surface area contributed by atoms with Crippen molar-refractivity contribution in [1.82, 2.24) is 15.3 Å². The van der Waals surface area contributed by atoms with Gasteiger partial charge in [0.2, 0.25) is 5.95 Å². The summed E-state index contributed by atoms with van der Waals surface area (Å²) in [6, 6.07) is 0.329. The lowest BCUT2D eigenvalue weighted by atomic mass is 10.2. The summed E-state index contributed by atoms with van der Waals surface area (Å²) >= 11 is 0. The SMILES string of the molecule is CCCNc1ncc(C(=O)NC2CCCC2)cn1. The first-order valence-corrected chi connectivity index (χ1v) is 6.66. The average Bonchev–Trinajstić information content (AvgIpc) is 2.89. The fourth-order valence-corrected chi connectivity index (χ4v) is 2.11. The van der Waals surface area contributed by atoms with E-state index < -0.39 is 0 Å². The Bertz CT molecular complexity index is 384. The first-order valence-electron chi connectivity index (χ1n) is 6.66. The summed E-state index contributed by atoms with van der Waals surface area (Å²) < 4.78 is 0. The lowest BCUT2D eigenvalue weighted by molar-refractivity contribution is 0.0937. The van der Waals surface area contributed by atoms with Crippen LogP contribution in [0, 0.1) is 0 Å². The van der Waals surface area contributed by atoms with Crippen molar-refractivity contribution in [2.75, 3.05) is 11.9 Å². The van der Waals surface area contributed by atoms with Gasteiger partial charge < -0.3 is 10.6 Å². The van der Waals surface area contributed by atoms with E-state index in [-0.39, 0.29) is 5.91 Å². The second-order valence-corrected chi connectivity index (χ2v) is 4.68. The standard InChI is InChI=1S/C13H20N4O/c1-2-7-14-13-15-8-10(9-16-13)12(18)17-11-5-3-4-6-11/h8-9,11H,2-7H2,1H3,(H,17,18)(H,14,15,16). The molecule has 5 nitrogen and oxygen atoms in total. The topological polar surface area (TPSA) is 66.9 Å². The Balaban J connectivity index is 1.89. The van der Waals surface area contributed by atoms with Crippen LogP contribution in [0.4, 0.5) is 5.95 Å². The molecular weight excluding hydrogens is 228 g/mol. The van der Waals surface area contributed by atoms with Crippen LogP contribution in [0.15, 0.2) is 12.4 Å². The zero-order valence-corrected chi connectivity index (χ0v) is 10.8. The van der Waals surface area contributed by atoms with Crippen LogP contribution in [0.2, 0.25) is 0 Å². The first kappa shape index (κ1) is 12.8. The van der Waals surface area contributed by atoms with E-state index in [2.05, 4.69) is 27.5 Å². The zero-order valence-electron chi connectivity index (χ0n) is 10.8. The molecule has 0 saturated heterocycles. The summed E-state index contributed by atoms with van der Waals surface area (Å²) in [5.41, 5.74) is 0.531. The van der Waals surface area contributed by atoms with Crippen molar-refractivity contribution in [3.8, 4) is 0 Å². The fraction of sp³-hybridized carbons (Fsp3) is 0.615. The lowest BCUT2D eigenvalue weighted by Gasteiger charge is -2.11. The largest absolute Gasteiger partial charge is 0.354 e. The van der Waals surface area contributed by atoms with Crippen molar-refractivity contribution in [3.05, 3.63) is 18.0 Å². The molecule has 0 unspecified atom stereocenters. The van der Waals surface area contributed by atoms with Gasteiger partial charge in [0.1, 0.15) is 0 Å². The van der Waals surface area contributed by atoms with Crippen molar-refractivity contribution >= 4 is 11.9 Å². The first-order chi connectivity index (χ1) is 8.79. The molecule has 2 N–H and O–H groups in total. The highest BCUT2D eigenvalue weighted by molar-refractivity contribution is 5.93. The quantitative estimate of drug-likeness (QED) is 0.836. The molecule has 1 aromatic heterocycles. The van der Waals surface area contributed by atoms with Crippen molar-refractivity contribution in [1.29, 1.82) is 0 Å². The molecule has 0 spiro atoms. The van der Waals surface area contributed by atoms with Crippen LogP contribution in [0.5, 0.6) is 0 Å². The van der Waals surface area contributed by atoms with Crippen LogP contribution in [0.3, 0.4) is 0 Å². The maximum Gasteiger partial charge on any atom is 0.254 e. The molecular formula is C13H20N4O. The molecule has 1 saturated carbocycles. The van der Waals surface area contributed by atoms with Crippen LogP contribution in [-0.2, 0) is 0 Å². The third kappa shape index (κ3) is 3.42. The average molecular weight is 248 g/mol. The van der Waals surface area contributed by atoms with Crippen LogP contribution < -0.4 is 10.6 Å². The Labute approximate surface area is 107 Å². The summed E-state index contributed by atoms with van der Waals surface area (Å²) in [5.74, 6) is 0.512. The third-order valence-electron chi connectivity index (χ3n) is 3.14. The van der Waals surface area contributed by atoms with E-state index in [4.69, 9.17) is 0 Å². The van der Waals surface area contributed by atoms with Gasteiger partial charge in [-0.15, -0.1) is 0 Å². The maximum atomic E-state index is 11.9. The van der Waals surface area contributed by atoms with Crippen LogP contribution in [-0.4, -0.2) is 28.5 Å². The summed E-state index contributed by atoms with van der Waals surface area (Å²) in [6.45, 7) is 2.92. The molecule has 1 fully saturated rings. The highest BCUT2D eigenvalue weighted by Crippen LogP contribution is 2.18. The van der Waals surface area contributed by atoms with Gasteiger partial charge in [0.05, 0.1) is 5.56 Å². The number of aromatic nitrogens is 2. The monoisotopic (exact) mass is 248 g/mol. The molecule has 5 heteroatoms. The molecule has 98 valence electrons. The number of carbonyl (C=O) groups excluding carboxylic acids is 1. The Morgan fingerprint density at radius 3 is 2.61 bits per heavy atom. The molecule has 0 atom stereocenters. The predicted molar refractivity (Wildman–Crippen MR) is 70.5 cm³/mol. The normalized spacial score (nSPS) is 15.6. The molecule has 0 aliphatic heterocycles. The van der Waals surface area contributed by atoms with E-state index >= 15 is 0 Å². The number of carbonyl (C=O) groups is 1. The maximum absolute atomic E-state index is 11.9. The van der Waals surface area contributed by atoms with Gasteiger partial charge in [-0.05, 0) is 19.3 Å². The van der Waals surface area contributed by atoms with Crippen LogP contribution in [0.1, 0.15) is 49.4 Å². The molecule has 1 aliphatic rings. The van der Waals surface area contributed by atoms with Gasteiger partial charge in [-0.2, -0.15) is 0 Å². The fourth-order valence-electron chi connectivity index (χ4n) is 2.11. The van der Waals surface area contributed by atoms with E-state index in [9.17, 15) is 4.79 Å². The number of anilines is 1. The molecule has 1 amide bonds. The van der Waals surface area contributed by atoms with E-state index in [0.717, 1.165) is 25.8 Å². The number of rotatable bonds is 5. The van der Waals surface area contributed by atoms with Crippen LogP contribution >= 0.6 is 0 Å². The van der Waals surface area contributed by atoms with Crippen molar-refractivity contribution in [3.63, 3.8) is 0 Å². The molecule has 1 aromatic rings. The van der Waals surface area contributed by atoms with E-state index in [1.807, 2.05) is 0 Å². The predicted octanol–water partition coefficient (Wildman–Crippen LogP) is 1.97. The minimum Gasteiger partial charge on any atom is -0.354 e. The number of nitrogens with one attached hydrogen (secondary N) is 2. The molecule has 1 aliphatic carbocycles. The van der Waals surface area contributed by atoms with Crippen molar-refractivity contribution in [2.45, 2.75) is 45.1 Å². The van der Waals surface area contributed by atoms with Gasteiger partial charge in [0.15, 0.2) is 0 Å². The Morgan fingerprint density at radius 2 is 2.00 bits per heavy atom. The van der Waals surface area contributed by atoms with Gasteiger partial charge in [0, 0.05) is 25.0 Å². The van der Waals surface area contributed by atoms with E-state index in [1.54, 1.807) is 12.4 Å². The smallest absolute Gasteiger partial charge is 0.254 e. The number of hydrogen-bond donors (Lipinski definition) is 2. The minimum absolute atomic E-state index is 0.0658. The molecule has 0 radical (unpaired) electrons. The van der Waals surface area contributed by atoms with Gasteiger partial charge in [-0.1, -0.05) is 19.8 Å². The van der Waals surface area contributed by atoms with E-state index in [1.165, 1.54) is 12.8 Å².